The molecule has 0 bridgehead atoms. The van der Waals surface area contributed by atoms with E-state index in [9.17, 15) is 9.59 Å². The summed E-state index contributed by atoms with van der Waals surface area (Å²) in [6.07, 6.45) is 3.50. The van der Waals surface area contributed by atoms with E-state index in [-0.39, 0.29) is 12.5 Å². The Kier molecular flexibility index (Phi) is 4.20. The summed E-state index contributed by atoms with van der Waals surface area (Å²) in [4.78, 5) is 32.1. The molecule has 0 atom stereocenters. The first-order valence-electron chi connectivity index (χ1n) is 7.59. The monoisotopic (exact) mass is 329 g/mol. The van der Waals surface area contributed by atoms with Crippen LogP contribution < -0.4 is 9.80 Å². The Morgan fingerprint density at radius 1 is 1.29 bits per heavy atom. The van der Waals surface area contributed by atoms with Crippen molar-refractivity contribution < 1.29 is 14.3 Å². The number of hydrogen-bond donors (Lipinski definition) is 0. The maximum atomic E-state index is 12.4. The molecule has 8 nitrogen and oxygen atoms in total. The minimum atomic E-state index is -0.413. The fourth-order valence-electron chi connectivity index (χ4n) is 2.74. The van der Waals surface area contributed by atoms with Crippen molar-refractivity contribution in [2.24, 2.45) is 7.05 Å². The normalized spacial score (nSPS) is 14.9. The molecule has 8 heteroatoms. The molecule has 0 saturated carbocycles. The average molecular weight is 329 g/mol. The van der Waals surface area contributed by atoms with Crippen molar-refractivity contribution >= 4 is 23.4 Å². The first-order valence-corrected chi connectivity index (χ1v) is 7.59. The largest absolute Gasteiger partial charge is 0.465 e. The molecule has 0 N–H and O–H groups in total. The molecule has 3 heterocycles. The van der Waals surface area contributed by atoms with Crippen LogP contribution in [0.2, 0.25) is 0 Å². The second-order valence-electron chi connectivity index (χ2n) is 5.63. The third-order valence-electron chi connectivity index (χ3n) is 4.02. The summed E-state index contributed by atoms with van der Waals surface area (Å²) in [6.45, 7) is 3.21. The van der Waals surface area contributed by atoms with Crippen molar-refractivity contribution in [1.82, 2.24) is 14.8 Å². The highest BCUT2D eigenvalue weighted by molar-refractivity contribution is 5.97. The number of carbonyl (C=O) groups excluding carboxylic acids is 2. The first kappa shape index (κ1) is 16.0. The van der Waals surface area contributed by atoms with Gasteiger partial charge in [-0.3, -0.25) is 9.48 Å². The summed E-state index contributed by atoms with van der Waals surface area (Å²) in [5.74, 6) is 0.258. The Balaban J connectivity index is 1.75. The lowest BCUT2D eigenvalue weighted by Gasteiger charge is -2.34. The Morgan fingerprint density at radius 3 is 2.67 bits per heavy atom. The number of methoxy groups -OCH3 is 1. The zero-order chi connectivity index (χ0) is 17.3. The average Bonchev–Trinajstić information content (AvgIpc) is 3.00. The second kappa shape index (κ2) is 6.31. The van der Waals surface area contributed by atoms with Gasteiger partial charge in [0.15, 0.2) is 0 Å². The lowest BCUT2D eigenvalue weighted by atomic mass is 10.2. The maximum Gasteiger partial charge on any atom is 0.339 e. The summed E-state index contributed by atoms with van der Waals surface area (Å²) in [5.41, 5.74) is 1.82. The highest BCUT2D eigenvalue weighted by atomic mass is 16.5. The summed E-state index contributed by atoms with van der Waals surface area (Å²) in [5, 5.41) is 4.10. The zero-order valence-corrected chi connectivity index (χ0v) is 13.9. The molecule has 0 aromatic carbocycles. The third-order valence-corrected chi connectivity index (χ3v) is 4.02. The van der Waals surface area contributed by atoms with Crippen LogP contribution in [0.25, 0.3) is 0 Å². The Labute approximate surface area is 139 Å². The van der Waals surface area contributed by atoms with Crippen LogP contribution in [0.5, 0.6) is 0 Å². The van der Waals surface area contributed by atoms with E-state index in [1.165, 1.54) is 7.11 Å². The lowest BCUT2D eigenvalue weighted by Crippen LogP contribution is -2.50. The van der Waals surface area contributed by atoms with Gasteiger partial charge in [-0.25, -0.2) is 9.78 Å². The van der Waals surface area contributed by atoms with Crippen LogP contribution in [-0.2, 0) is 16.6 Å². The number of rotatable bonds is 3. The molecule has 3 rings (SSSR count). The molecule has 24 heavy (non-hydrogen) atoms. The van der Waals surface area contributed by atoms with E-state index in [1.807, 2.05) is 18.1 Å². The molecule has 0 radical (unpaired) electrons. The van der Waals surface area contributed by atoms with E-state index in [0.717, 1.165) is 5.69 Å². The van der Waals surface area contributed by atoms with Crippen LogP contribution in [-0.4, -0.2) is 53.4 Å². The number of nitrogens with zero attached hydrogens (tertiary/aromatic N) is 5. The Morgan fingerprint density at radius 2 is 2.08 bits per heavy atom. The number of aromatic nitrogens is 3. The Hall–Kier alpha value is -2.90. The van der Waals surface area contributed by atoms with Gasteiger partial charge in [0.05, 0.1) is 36.8 Å². The van der Waals surface area contributed by atoms with E-state index in [1.54, 1.807) is 34.8 Å². The summed E-state index contributed by atoms with van der Waals surface area (Å²) in [7, 11) is 3.16. The standard InChI is InChI=1S/C16H19N5O3/c1-11-13(16(23)24-3)4-5-14(18-11)20-6-7-21(15(22)10-20)12-8-17-19(2)9-12/h4-5,8-9H,6-7,10H2,1-3H3. The third kappa shape index (κ3) is 2.94. The molecular formula is C16H19N5O3. The second-order valence-corrected chi connectivity index (χ2v) is 5.63. The molecule has 0 spiro atoms. The smallest absolute Gasteiger partial charge is 0.339 e. The molecule has 126 valence electrons. The van der Waals surface area contributed by atoms with Crippen LogP contribution in [0.3, 0.4) is 0 Å². The van der Waals surface area contributed by atoms with Gasteiger partial charge in [0.2, 0.25) is 5.91 Å². The van der Waals surface area contributed by atoms with Crippen LogP contribution in [0, 0.1) is 6.92 Å². The summed E-state index contributed by atoms with van der Waals surface area (Å²) >= 11 is 0. The van der Waals surface area contributed by atoms with Gasteiger partial charge >= 0.3 is 5.97 Å². The van der Waals surface area contributed by atoms with Gasteiger partial charge in [0.1, 0.15) is 5.82 Å². The van der Waals surface area contributed by atoms with E-state index >= 15 is 0 Å². The molecule has 1 amide bonds. The molecule has 1 saturated heterocycles. The predicted octanol–water partition coefficient (Wildman–Crippen LogP) is 0.763. The molecular weight excluding hydrogens is 310 g/mol. The van der Waals surface area contributed by atoms with Gasteiger partial charge in [0.25, 0.3) is 0 Å². The molecule has 1 aliphatic rings. The van der Waals surface area contributed by atoms with Crippen molar-refractivity contribution in [3.05, 3.63) is 35.8 Å². The number of anilines is 2. The van der Waals surface area contributed by atoms with Gasteiger partial charge in [0, 0.05) is 26.3 Å². The van der Waals surface area contributed by atoms with Crippen LogP contribution in [0.15, 0.2) is 24.5 Å². The number of ether oxygens (including phenoxy) is 1. The van der Waals surface area contributed by atoms with Crippen molar-refractivity contribution in [3.63, 3.8) is 0 Å². The highest BCUT2D eigenvalue weighted by Gasteiger charge is 2.27. The van der Waals surface area contributed by atoms with E-state index in [2.05, 4.69) is 10.1 Å². The number of piperazine rings is 1. The molecule has 1 fully saturated rings. The van der Waals surface area contributed by atoms with E-state index < -0.39 is 5.97 Å². The highest BCUT2D eigenvalue weighted by Crippen LogP contribution is 2.21. The number of pyridine rings is 1. The fourth-order valence-corrected chi connectivity index (χ4v) is 2.74. The van der Waals surface area contributed by atoms with E-state index in [4.69, 9.17) is 4.74 Å². The van der Waals surface area contributed by atoms with Crippen molar-refractivity contribution in [2.45, 2.75) is 6.92 Å². The fraction of sp³-hybridized carbons (Fsp3) is 0.375. The number of carbonyl (C=O) groups is 2. The molecule has 1 aliphatic heterocycles. The summed E-state index contributed by atoms with van der Waals surface area (Å²) in [6, 6.07) is 3.42. The molecule has 0 unspecified atom stereocenters. The Bertz CT molecular complexity index is 786. The van der Waals surface area contributed by atoms with Crippen LogP contribution in [0.1, 0.15) is 16.1 Å². The maximum absolute atomic E-state index is 12.4. The van der Waals surface area contributed by atoms with Gasteiger partial charge in [-0.2, -0.15) is 5.10 Å². The molecule has 2 aromatic rings. The van der Waals surface area contributed by atoms with Gasteiger partial charge in [-0.15, -0.1) is 0 Å². The number of esters is 1. The van der Waals surface area contributed by atoms with Crippen molar-refractivity contribution in [2.75, 3.05) is 36.5 Å². The van der Waals surface area contributed by atoms with Gasteiger partial charge in [-0.05, 0) is 19.1 Å². The van der Waals surface area contributed by atoms with E-state index in [0.29, 0.717) is 30.2 Å². The number of amides is 1. The summed E-state index contributed by atoms with van der Waals surface area (Å²) < 4.78 is 6.40. The van der Waals surface area contributed by atoms with Crippen LogP contribution in [0.4, 0.5) is 11.5 Å². The van der Waals surface area contributed by atoms with Crippen molar-refractivity contribution in [3.8, 4) is 0 Å². The predicted molar refractivity (Wildman–Crippen MR) is 88.1 cm³/mol. The van der Waals surface area contributed by atoms with Crippen molar-refractivity contribution in [1.29, 1.82) is 0 Å². The number of hydrogen-bond acceptors (Lipinski definition) is 6. The zero-order valence-electron chi connectivity index (χ0n) is 13.9. The minimum absolute atomic E-state index is 0.00857. The van der Waals surface area contributed by atoms with Gasteiger partial charge < -0.3 is 14.5 Å². The molecule has 0 aliphatic carbocycles. The minimum Gasteiger partial charge on any atom is -0.465 e. The number of aryl methyl sites for hydroxylation is 2. The SMILES string of the molecule is COC(=O)c1ccc(N2CCN(c3cnn(C)c3)C(=O)C2)nc1C. The quantitative estimate of drug-likeness (QED) is 0.774. The van der Waals surface area contributed by atoms with Gasteiger partial charge in [-0.1, -0.05) is 0 Å². The topological polar surface area (TPSA) is 80.6 Å². The first-order chi connectivity index (χ1) is 11.5. The lowest BCUT2D eigenvalue weighted by molar-refractivity contribution is -0.117. The molecule has 2 aromatic heterocycles. The van der Waals surface area contributed by atoms with Crippen LogP contribution >= 0.6 is 0 Å².